The molecular weight excluding hydrogens is 404 g/mol. The predicted octanol–water partition coefficient (Wildman–Crippen LogP) is 6.65. The molecule has 0 heterocycles. The summed E-state index contributed by atoms with van der Waals surface area (Å²) < 4.78 is 13.0. The molecule has 0 aliphatic heterocycles. The van der Waals surface area contributed by atoms with Gasteiger partial charge in [-0.05, 0) is 120 Å². The number of carbonyl (C=O) groups excluding carboxylic acids is 1. The smallest absolute Gasteiger partial charge is 0.184 e. The fourth-order valence-corrected chi connectivity index (χ4v) is 10.4. The van der Waals surface area contributed by atoms with E-state index in [-0.39, 0.29) is 11.5 Å². The lowest BCUT2D eigenvalue weighted by molar-refractivity contribution is -0.143. The molecule has 4 fully saturated rings. The Morgan fingerprint density at radius 2 is 1.47 bits per heavy atom. The third-order valence-corrected chi connectivity index (χ3v) is 11.4. The molecule has 0 N–H and O–H groups in total. The highest BCUT2D eigenvalue weighted by atomic mass is 28.4. The van der Waals surface area contributed by atoms with E-state index in [2.05, 4.69) is 53.1 Å². The first-order valence-corrected chi connectivity index (χ1v) is 19.4. The van der Waals surface area contributed by atoms with Gasteiger partial charge in [0, 0.05) is 11.5 Å². The van der Waals surface area contributed by atoms with Gasteiger partial charge in [-0.2, -0.15) is 0 Å². The van der Waals surface area contributed by atoms with Gasteiger partial charge in [0.2, 0.25) is 0 Å². The van der Waals surface area contributed by atoms with Crippen molar-refractivity contribution in [3.05, 3.63) is 0 Å². The average Bonchev–Trinajstić information content (AvgIpc) is 2.84. The lowest BCUT2D eigenvalue weighted by atomic mass is 9.45. The van der Waals surface area contributed by atoms with Crippen LogP contribution in [-0.4, -0.2) is 34.6 Å². The Hall–Kier alpha value is 0.0238. The molecule has 30 heavy (non-hydrogen) atoms. The van der Waals surface area contributed by atoms with Crippen LogP contribution in [0.4, 0.5) is 0 Å². The van der Waals surface area contributed by atoms with E-state index in [1.165, 1.54) is 38.5 Å². The van der Waals surface area contributed by atoms with Crippen molar-refractivity contribution in [2.75, 3.05) is 0 Å². The van der Waals surface area contributed by atoms with Crippen molar-refractivity contribution < 1.29 is 13.6 Å². The van der Waals surface area contributed by atoms with Gasteiger partial charge < -0.3 is 8.85 Å². The highest BCUT2D eigenvalue weighted by Gasteiger charge is 2.62. The van der Waals surface area contributed by atoms with Crippen molar-refractivity contribution in [3.63, 3.8) is 0 Å². The van der Waals surface area contributed by atoms with Crippen LogP contribution in [0.15, 0.2) is 0 Å². The number of carbonyl (C=O) groups is 1. The molecule has 0 aromatic rings. The Morgan fingerprint density at radius 1 is 0.800 bits per heavy atom. The molecule has 4 saturated carbocycles. The first-order valence-electron chi connectivity index (χ1n) is 12.6. The van der Waals surface area contributed by atoms with Gasteiger partial charge in [0.25, 0.3) is 0 Å². The normalized spacial score (nSPS) is 46.9. The summed E-state index contributed by atoms with van der Waals surface area (Å²) in [5.41, 5.74) is 0.317. The van der Waals surface area contributed by atoms with E-state index in [0.29, 0.717) is 23.2 Å². The number of hydrogen-bond donors (Lipinski definition) is 0. The van der Waals surface area contributed by atoms with Gasteiger partial charge >= 0.3 is 0 Å². The van der Waals surface area contributed by atoms with Gasteiger partial charge in [-0.15, -0.1) is 0 Å². The molecule has 0 saturated heterocycles. The number of rotatable bonds is 4. The second kappa shape index (κ2) is 7.53. The Balaban J connectivity index is 1.51. The molecule has 4 aliphatic rings. The second-order valence-corrected chi connectivity index (χ2v) is 22.5. The standard InChI is InChI=1S/C25H46O3Si2/c1-24-13-11-18(27-29(3,4)5)15-17(24)9-10-19-20(24)12-14-25(2)21(19)16-22(23(25)26)28-30(6,7)8/h17-22H,9-16H2,1-8H3/t17-,18-,19-,20+,21+,22-,24+,25+/m1/s1. The van der Waals surface area contributed by atoms with Crippen LogP contribution in [-0.2, 0) is 13.6 Å². The van der Waals surface area contributed by atoms with Crippen molar-refractivity contribution in [1.82, 2.24) is 0 Å². The van der Waals surface area contributed by atoms with Crippen LogP contribution >= 0.6 is 0 Å². The third-order valence-electron chi connectivity index (χ3n) is 9.35. The zero-order chi connectivity index (χ0) is 22.1. The van der Waals surface area contributed by atoms with Crippen LogP contribution in [0.25, 0.3) is 0 Å². The van der Waals surface area contributed by atoms with E-state index < -0.39 is 16.6 Å². The van der Waals surface area contributed by atoms with Crippen LogP contribution in [0.2, 0.25) is 39.3 Å². The van der Waals surface area contributed by atoms with Gasteiger partial charge in [0.1, 0.15) is 6.10 Å². The maximum absolute atomic E-state index is 13.4. The fraction of sp³-hybridized carbons (Fsp3) is 0.960. The molecule has 3 nitrogen and oxygen atoms in total. The monoisotopic (exact) mass is 450 g/mol. The third kappa shape index (κ3) is 4.06. The zero-order valence-electron chi connectivity index (χ0n) is 20.8. The molecule has 4 aliphatic carbocycles. The zero-order valence-corrected chi connectivity index (χ0v) is 22.8. The van der Waals surface area contributed by atoms with E-state index in [1.54, 1.807) is 0 Å². The summed E-state index contributed by atoms with van der Waals surface area (Å²) in [6, 6.07) is 0. The summed E-state index contributed by atoms with van der Waals surface area (Å²) >= 11 is 0. The maximum Gasteiger partial charge on any atom is 0.184 e. The van der Waals surface area contributed by atoms with E-state index in [0.717, 1.165) is 30.6 Å². The molecule has 0 amide bonds. The largest absolute Gasteiger partial charge is 0.415 e. The van der Waals surface area contributed by atoms with Gasteiger partial charge in [-0.25, -0.2) is 0 Å². The van der Waals surface area contributed by atoms with Crippen LogP contribution in [0.3, 0.4) is 0 Å². The van der Waals surface area contributed by atoms with Gasteiger partial charge in [0.05, 0.1) is 0 Å². The number of hydrogen-bond acceptors (Lipinski definition) is 3. The minimum Gasteiger partial charge on any atom is -0.415 e. The van der Waals surface area contributed by atoms with Gasteiger partial charge in [-0.3, -0.25) is 4.79 Å². The molecule has 4 rings (SSSR count). The number of ketones is 1. The molecule has 172 valence electrons. The fourth-order valence-electron chi connectivity index (χ4n) is 8.12. The van der Waals surface area contributed by atoms with Crippen LogP contribution < -0.4 is 0 Å². The van der Waals surface area contributed by atoms with Crippen molar-refractivity contribution in [2.45, 2.75) is 117 Å². The average molecular weight is 451 g/mol. The summed E-state index contributed by atoms with van der Waals surface area (Å²) in [5, 5.41) is 0. The maximum atomic E-state index is 13.4. The van der Waals surface area contributed by atoms with Gasteiger partial charge in [-0.1, -0.05) is 13.8 Å². The van der Waals surface area contributed by atoms with Gasteiger partial charge in [0.15, 0.2) is 22.4 Å². The van der Waals surface area contributed by atoms with Crippen molar-refractivity contribution in [2.24, 2.45) is 34.5 Å². The van der Waals surface area contributed by atoms with E-state index in [4.69, 9.17) is 8.85 Å². The van der Waals surface area contributed by atoms with Crippen molar-refractivity contribution in [1.29, 1.82) is 0 Å². The summed E-state index contributed by atoms with van der Waals surface area (Å²) in [7, 11) is -3.18. The topological polar surface area (TPSA) is 35.5 Å². The molecule has 0 radical (unpaired) electrons. The summed E-state index contributed by atoms with van der Waals surface area (Å²) in [4.78, 5) is 13.4. The Kier molecular flexibility index (Phi) is 5.82. The summed E-state index contributed by atoms with van der Waals surface area (Å²) in [5.74, 6) is 3.30. The lowest BCUT2D eigenvalue weighted by Crippen LogP contribution is -2.54. The highest BCUT2D eigenvalue weighted by Crippen LogP contribution is 2.65. The predicted molar refractivity (Wildman–Crippen MR) is 129 cm³/mol. The molecule has 0 aromatic heterocycles. The van der Waals surface area contributed by atoms with E-state index in [1.807, 2.05) is 0 Å². The molecule has 8 atom stereocenters. The minimum atomic E-state index is -1.71. The number of fused-ring (bicyclic) bond motifs is 5. The minimum absolute atomic E-state index is 0.128. The summed E-state index contributed by atoms with van der Waals surface area (Å²) in [6.07, 6.45) is 10.2. The molecule has 5 heteroatoms. The quantitative estimate of drug-likeness (QED) is 0.450. The van der Waals surface area contributed by atoms with Crippen LogP contribution in [0.1, 0.15) is 65.2 Å². The van der Waals surface area contributed by atoms with Crippen LogP contribution in [0.5, 0.6) is 0 Å². The first-order chi connectivity index (χ1) is 13.7. The Labute approximate surface area is 187 Å². The van der Waals surface area contributed by atoms with Crippen LogP contribution in [0, 0.1) is 34.5 Å². The van der Waals surface area contributed by atoms with Crippen molar-refractivity contribution in [3.8, 4) is 0 Å². The molecule has 0 bridgehead atoms. The first kappa shape index (κ1) is 23.2. The second-order valence-electron chi connectivity index (χ2n) is 13.6. The van der Waals surface area contributed by atoms with Crippen molar-refractivity contribution >= 4 is 22.4 Å². The SMILES string of the molecule is C[C@]12CC[C@@H](O[Si](C)(C)C)C[C@H]1CC[C@@H]1[C@@H]2CC[C@]2(C)C(=O)[C@H](O[Si](C)(C)C)C[C@@H]12. The van der Waals surface area contributed by atoms with E-state index in [9.17, 15) is 4.79 Å². The molecule has 0 spiro atoms. The number of Topliss-reactive ketones (excluding diaryl/α,β-unsaturated/α-hetero) is 1. The highest BCUT2D eigenvalue weighted by molar-refractivity contribution is 6.70. The van der Waals surface area contributed by atoms with E-state index >= 15 is 0 Å². The molecule has 0 unspecified atom stereocenters. The lowest BCUT2D eigenvalue weighted by Gasteiger charge is -2.60. The molecular formula is C25H46O3Si2. The Morgan fingerprint density at radius 3 is 2.10 bits per heavy atom. The summed E-state index contributed by atoms with van der Waals surface area (Å²) in [6.45, 7) is 18.6. The molecule has 0 aromatic carbocycles. The Bertz CT molecular complexity index is 681.